The monoisotopic (exact) mass is 1250 g/mol. The fourth-order valence-corrected chi connectivity index (χ4v) is 10.1. The molecule has 0 aliphatic carbocycles. The van der Waals surface area contributed by atoms with Crippen molar-refractivity contribution in [3.63, 3.8) is 0 Å². The van der Waals surface area contributed by atoms with Crippen LogP contribution in [-0.2, 0) is 4.74 Å². The lowest BCUT2D eigenvalue weighted by Crippen LogP contribution is -2.50. The van der Waals surface area contributed by atoms with E-state index in [1.807, 2.05) is 147 Å². The van der Waals surface area contributed by atoms with E-state index < -0.39 is 0 Å². The quantitative estimate of drug-likeness (QED) is 0.0556. The van der Waals surface area contributed by atoms with Crippen molar-refractivity contribution in [3.05, 3.63) is 240 Å². The number of amides is 5. The Morgan fingerprint density at radius 1 is 0.543 bits per heavy atom. The Hall–Kier alpha value is -10.6. The summed E-state index contributed by atoms with van der Waals surface area (Å²) in [7, 11) is 3.55. The van der Waals surface area contributed by atoms with Crippen LogP contribution in [0.3, 0.4) is 0 Å². The average molecular weight is 1250 g/mol. The zero-order valence-corrected chi connectivity index (χ0v) is 52.9. The number of aryl methyl sites for hydroxylation is 3. The van der Waals surface area contributed by atoms with Gasteiger partial charge in [0.05, 0.1) is 58.9 Å². The zero-order chi connectivity index (χ0) is 64.9. The van der Waals surface area contributed by atoms with E-state index in [4.69, 9.17) is 4.74 Å². The predicted molar refractivity (Wildman–Crippen MR) is 376 cm³/mol. The molecule has 9 aromatic rings. The summed E-state index contributed by atoms with van der Waals surface area (Å²) >= 11 is 0. The van der Waals surface area contributed by atoms with Crippen molar-refractivity contribution in [1.29, 1.82) is 0 Å². The predicted octanol–water partition coefficient (Wildman–Crippen LogP) is 13.8. The van der Waals surface area contributed by atoms with E-state index in [-0.39, 0.29) is 57.0 Å². The number of likely N-dealkylation sites (tertiary alicyclic amines) is 2. The van der Waals surface area contributed by atoms with E-state index >= 15 is 0 Å². The normalized spacial score (nSPS) is 12.6. The maximum Gasteiger partial charge on any atom is 0.276 e. The highest BCUT2D eigenvalue weighted by Gasteiger charge is 2.28. The highest BCUT2D eigenvalue weighted by molar-refractivity contribution is 6.05. The minimum Gasteiger partial charge on any atom is -0.378 e. The van der Waals surface area contributed by atoms with Crippen molar-refractivity contribution in [2.75, 3.05) is 75.9 Å². The Labute approximate surface area is 547 Å². The van der Waals surface area contributed by atoms with Crippen LogP contribution >= 0.6 is 0 Å². The first-order valence-electron chi connectivity index (χ1n) is 30.8. The maximum atomic E-state index is 12.7. The van der Waals surface area contributed by atoms with Crippen molar-refractivity contribution < 1.29 is 38.7 Å². The van der Waals surface area contributed by atoms with Gasteiger partial charge in [-0.3, -0.25) is 38.9 Å². The molecule has 484 valence electrons. The lowest BCUT2D eigenvalue weighted by molar-refractivity contribution is 0.000930. The van der Waals surface area contributed by atoms with Crippen molar-refractivity contribution >= 4 is 52.3 Å². The maximum absolute atomic E-state index is 12.7. The number of hydrogen-bond donors (Lipinski definition) is 4. The molecule has 19 nitrogen and oxygen atoms in total. The van der Waals surface area contributed by atoms with E-state index in [1.165, 1.54) is 12.8 Å². The first-order chi connectivity index (χ1) is 44.6. The first kappa shape index (κ1) is 65.8. The number of carbonyl (C=O) groups excluding carboxylic acids is 5. The number of rotatable bonds is 20. The largest absolute Gasteiger partial charge is 0.378 e. The van der Waals surface area contributed by atoms with Crippen LogP contribution < -0.4 is 21.3 Å². The molecule has 11 rings (SSSR count). The molecule has 2 aliphatic heterocycles. The topological polar surface area (TPSA) is 230 Å². The second-order valence-electron chi connectivity index (χ2n) is 22.4. The van der Waals surface area contributed by atoms with Crippen molar-refractivity contribution in [1.82, 2.24) is 49.9 Å². The Balaban J connectivity index is 0.000000488. The van der Waals surface area contributed by atoms with Crippen LogP contribution in [0.2, 0.25) is 0 Å². The molecule has 2 saturated heterocycles. The highest BCUT2D eigenvalue weighted by atomic mass is 16.5. The van der Waals surface area contributed by atoms with E-state index in [0.29, 0.717) is 68.9 Å². The Morgan fingerprint density at radius 3 is 1.30 bits per heavy atom. The summed E-state index contributed by atoms with van der Waals surface area (Å²) in [6, 6.07) is 50.2. The molecule has 19 heteroatoms. The second-order valence-corrected chi connectivity index (χ2v) is 22.4. The van der Waals surface area contributed by atoms with Gasteiger partial charge < -0.3 is 40.7 Å². The Bertz CT molecular complexity index is 3850. The number of aromatic nitrogens is 6. The van der Waals surface area contributed by atoms with Crippen LogP contribution in [0, 0.1) is 20.8 Å². The Morgan fingerprint density at radius 2 is 0.924 bits per heavy atom. The molecule has 2 aliphatic rings. The number of carbonyl (C=O) groups is 5. The smallest absolute Gasteiger partial charge is 0.276 e. The lowest BCUT2D eigenvalue weighted by atomic mass is 10.0. The fourth-order valence-electron chi connectivity index (χ4n) is 10.1. The first-order valence-corrected chi connectivity index (χ1v) is 30.8. The van der Waals surface area contributed by atoms with Gasteiger partial charge in [-0.2, -0.15) is 0 Å². The summed E-state index contributed by atoms with van der Waals surface area (Å²) in [5.41, 5.74) is 12.2. The molecule has 2 fully saturated rings. The number of nitrogens with zero attached hydrogens (tertiary/aromatic N) is 9. The van der Waals surface area contributed by atoms with Gasteiger partial charge in [0.1, 0.15) is 17.1 Å². The number of methoxy groups -OCH3 is 1. The van der Waals surface area contributed by atoms with Crippen LogP contribution in [0.5, 0.6) is 0 Å². The molecule has 0 bridgehead atoms. The van der Waals surface area contributed by atoms with Crippen LogP contribution in [0.25, 0.3) is 39.5 Å². The molecule has 0 saturated carbocycles. The number of para-hydroxylation sites is 3. The van der Waals surface area contributed by atoms with Gasteiger partial charge in [0, 0.05) is 107 Å². The van der Waals surface area contributed by atoms with Crippen LogP contribution in [0.1, 0.15) is 117 Å². The molecule has 5 heterocycles. The number of benzene rings is 6. The highest BCUT2D eigenvalue weighted by Crippen LogP contribution is 2.28. The van der Waals surface area contributed by atoms with Gasteiger partial charge in [-0.1, -0.05) is 123 Å². The van der Waals surface area contributed by atoms with E-state index in [2.05, 4.69) is 74.5 Å². The van der Waals surface area contributed by atoms with Gasteiger partial charge in [-0.05, 0) is 119 Å². The number of hydrogen-bond acceptors (Lipinski definition) is 14. The van der Waals surface area contributed by atoms with Crippen molar-refractivity contribution in [2.24, 2.45) is 0 Å². The van der Waals surface area contributed by atoms with E-state index in [9.17, 15) is 24.0 Å². The summed E-state index contributed by atoms with van der Waals surface area (Å²) in [5.74, 6) is -0.987. The molecule has 6 aromatic carbocycles. The van der Waals surface area contributed by atoms with Gasteiger partial charge in [-0.15, -0.1) is 0 Å². The fraction of sp³-hybridized carbons (Fsp3) is 0.247. The Kier molecular flexibility index (Phi) is 23.0. The molecule has 0 radical (unpaired) electrons. The zero-order valence-electron chi connectivity index (χ0n) is 52.9. The molecule has 0 spiro atoms. The third kappa shape index (κ3) is 17.8. The molecule has 0 unspecified atom stereocenters. The molecule has 92 heavy (non-hydrogen) atoms. The second kappa shape index (κ2) is 32.2. The van der Waals surface area contributed by atoms with Crippen molar-refractivity contribution in [3.8, 4) is 33.8 Å². The third-order valence-electron chi connectivity index (χ3n) is 15.7. The van der Waals surface area contributed by atoms with Crippen LogP contribution in [0.4, 0.5) is 17.1 Å². The number of unbranched alkanes of at least 4 members (excludes halogenated alkanes) is 1. The van der Waals surface area contributed by atoms with Gasteiger partial charge in [-0.25, -0.2) is 15.0 Å². The van der Waals surface area contributed by atoms with Gasteiger partial charge in [0.2, 0.25) is 0 Å². The molecular formula is C73H91N13O6. The molecule has 3 aromatic heterocycles. The molecule has 4 N–H and O–H groups in total. The molecular weight excluding hydrogens is 1150 g/mol. The average Bonchev–Trinajstić information content (AvgIpc) is 0.870. The van der Waals surface area contributed by atoms with Crippen molar-refractivity contribution in [2.45, 2.75) is 59.5 Å². The minimum atomic E-state index is -0.308. The molecule has 0 atom stereocenters. The van der Waals surface area contributed by atoms with Gasteiger partial charge in [0.15, 0.2) is 0 Å². The third-order valence-corrected chi connectivity index (χ3v) is 15.7. The van der Waals surface area contributed by atoms with E-state index in [1.54, 1.807) is 75.6 Å². The summed E-state index contributed by atoms with van der Waals surface area (Å²) < 4.78 is 5.33. The summed E-state index contributed by atoms with van der Waals surface area (Å²) in [6.45, 7) is 17.8. The number of nitrogens with one attached hydrogen (secondary N) is 4. The summed E-state index contributed by atoms with van der Waals surface area (Å²) in [4.78, 5) is 95.9. The van der Waals surface area contributed by atoms with Crippen LogP contribution in [-0.4, -0.2) is 140 Å². The number of anilines is 3. The van der Waals surface area contributed by atoms with Gasteiger partial charge in [0.25, 0.3) is 29.5 Å². The van der Waals surface area contributed by atoms with E-state index in [0.717, 1.165) is 85.7 Å². The van der Waals surface area contributed by atoms with Gasteiger partial charge >= 0.3 is 0 Å². The lowest BCUT2D eigenvalue weighted by Gasteiger charge is -2.41. The summed E-state index contributed by atoms with van der Waals surface area (Å²) in [5, 5.41) is 11.5. The summed E-state index contributed by atoms with van der Waals surface area (Å²) in [6.07, 6.45) is 9.76. The van der Waals surface area contributed by atoms with Crippen LogP contribution in [0.15, 0.2) is 189 Å². The number of ether oxygens (including phenoxy) is 1. The molecule has 5 amide bonds. The standard InChI is InChI=1S/C25H27N5O2.C24H24N4O2.C24H26N4O2.7H2/c1-18-23(25(32)28-21-7-3-2-4-8-21)29-22(17-27-18)19-9-11-20(12-10-19)24(31)26-13-16-30-14-5-6-15-30;1-16-23(24(29)26-20-7-5-4-6-8-20)27-22(13-25-16)19-11-9-18(10-12-19)17(2)28-14-21(15-28)30-3;1-4-5-15-28(3)24(30)19-13-11-18(12-14-19)21-16-25-17(2)22(27-21)23(29)26-20-9-7-6-8-10-20;;;;;;;/h2-4,7-12,17H,5-6,13-16H2,1H3,(H,26,31)(H,28,32);4-13,21H,2,14-15H2,1,3H3,(H,26,29);6-14,16H,4-5,15H2,1-3H3,(H,26,29);7*1H. The minimum absolute atomic E-state index is 0. The SMILES string of the molecule is C=C(c1ccc(-c2cnc(C)c(C(=O)Nc3ccccc3)n2)cc1)N1CC(OC)C1.CCCCN(C)C(=O)c1ccc(-c2cnc(C)c(C(=O)Nc3ccccc3)n2)cc1.Cc1ncc(-c2ccc(C(=O)NCCN3CCCC3)cc2)nc1C(=O)Nc1ccccc1.[HH].[HH].[HH].[HH].[HH].[HH].[HH].